The van der Waals surface area contributed by atoms with Gasteiger partial charge in [-0.05, 0) is 166 Å². The quantitative estimate of drug-likeness (QED) is 0.137. The van der Waals surface area contributed by atoms with Crippen LogP contribution in [0.2, 0.25) is 0 Å². The van der Waals surface area contributed by atoms with Gasteiger partial charge in [0.2, 0.25) is 0 Å². The first-order valence-corrected chi connectivity index (χ1v) is 22.0. The second-order valence-corrected chi connectivity index (χ2v) is 21.3. The SMILES string of the molecule is C=C(C)[C@@H]1CC[C@]2(NCCN3CCC(S(=O)[O-])CC3)CC[C@]3(C)[C@H](CC[C@@H]4[C@@]5(C)CC=C(C6=CC[C@](CF)(OC=O)CC6)C(C)(C)[C@@H]5CC[C@]43C)[C@@H]12. The number of fused-ring (bicyclic) bond motifs is 7. The van der Waals surface area contributed by atoms with E-state index in [1.807, 2.05) is 0 Å². The number of hydrogen-bond donors (Lipinski definition) is 1. The van der Waals surface area contributed by atoms with E-state index in [0.717, 1.165) is 51.9 Å². The molecule has 5 fully saturated rings. The minimum atomic E-state index is -1.95. The van der Waals surface area contributed by atoms with Gasteiger partial charge >= 0.3 is 0 Å². The van der Waals surface area contributed by atoms with Gasteiger partial charge in [0.15, 0.2) is 0 Å². The van der Waals surface area contributed by atoms with Gasteiger partial charge in [0.1, 0.15) is 12.3 Å². The maximum atomic E-state index is 14.0. The molecule has 4 saturated carbocycles. The third kappa shape index (κ3) is 6.00. The third-order valence-corrected chi connectivity index (χ3v) is 18.8. The predicted octanol–water partition coefficient (Wildman–Crippen LogP) is 8.86. The van der Waals surface area contributed by atoms with E-state index in [-0.39, 0.29) is 32.4 Å². The summed E-state index contributed by atoms with van der Waals surface area (Å²) in [6, 6.07) is 0. The molecule has 6 nitrogen and oxygen atoms in total. The number of alkyl halides is 1. The van der Waals surface area contributed by atoms with Gasteiger partial charge in [-0.15, -0.1) is 0 Å². The number of rotatable bonds is 10. The van der Waals surface area contributed by atoms with Crippen LogP contribution in [0.15, 0.2) is 35.5 Å². The summed E-state index contributed by atoms with van der Waals surface area (Å²) in [7, 11) is 0. The lowest BCUT2D eigenvalue weighted by Crippen LogP contribution is -2.68. The minimum absolute atomic E-state index is 0.0304. The number of nitrogens with one attached hydrogen (secondary N) is 1. The Balaban J connectivity index is 1.11. The number of nitrogens with zero attached hydrogens (tertiary/aromatic N) is 1. The van der Waals surface area contributed by atoms with Crippen LogP contribution in [-0.2, 0) is 20.6 Å². The van der Waals surface area contributed by atoms with Crippen LogP contribution in [0.5, 0.6) is 0 Å². The highest BCUT2D eigenvalue weighted by Gasteiger charge is 2.70. The maximum absolute atomic E-state index is 14.0. The molecule has 52 heavy (non-hydrogen) atoms. The smallest absolute Gasteiger partial charge is 0.293 e. The van der Waals surface area contributed by atoms with E-state index in [1.165, 1.54) is 68.1 Å². The zero-order valence-corrected chi connectivity index (χ0v) is 34.0. The van der Waals surface area contributed by atoms with E-state index in [0.29, 0.717) is 48.9 Å². The van der Waals surface area contributed by atoms with Gasteiger partial charge < -0.3 is 19.5 Å². The van der Waals surface area contributed by atoms with Crippen molar-refractivity contribution in [1.82, 2.24) is 10.2 Å². The highest BCUT2D eigenvalue weighted by atomic mass is 32.2. The number of carbonyl (C=O) groups is 1. The molecular formula is C44H68FN2O4S-. The molecule has 7 rings (SSSR count). The molecule has 0 bridgehead atoms. The number of carbonyl (C=O) groups excluding carboxylic acids is 1. The Kier molecular flexibility index (Phi) is 10.5. The summed E-state index contributed by atoms with van der Waals surface area (Å²) in [6.07, 6.45) is 19.3. The molecule has 292 valence electrons. The molecule has 8 heteroatoms. The summed E-state index contributed by atoms with van der Waals surface area (Å²) in [6.45, 7) is 23.5. The van der Waals surface area contributed by atoms with Crippen molar-refractivity contribution in [2.75, 3.05) is 32.9 Å². The minimum Gasteiger partial charge on any atom is -0.772 e. The van der Waals surface area contributed by atoms with Crippen molar-refractivity contribution in [2.24, 2.45) is 51.2 Å². The Bertz CT molecular complexity index is 1490. The number of halogens is 1. The standard InChI is InChI=1S/C44H69FN2O4S/c1-30(2)33-12-21-44(46-24-27-47-25-15-32(16-26-47)52(49)50)23-22-41(6)35(38(33)44)8-9-37-40(5)17-13-34(39(3,4)36(40)14-18-42(37,41)7)31-10-19-43(28-45,20-11-31)51-29-48/h10,13,29,32-33,35-38,46H,1,8-9,11-12,14-28H2,2-7H3,(H,49,50)/p-1/t33-,35+,36-,37+,38+,40-,41+,42+,43-,44-/m0/s1. The fourth-order valence-electron chi connectivity index (χ4n) is 14.9. The summed E-state index contributed by atoms with van der Waals surface area (Å²) in [5, 5.41) is 4.07. The maximum Gasteiger partial charge on any atom is 0.293 e. The Morgan fingerprint density at radius 1 is 0.981 bits per heavy atom. The van der Waals surface area contributed by atoms with Crippen molar-refractivity contribution in [1.29, 1.82) is 0 Å². The van der Waals surface area contributed by atoms with E-state index in [1.54, 1.807) is 0 Å². The average Bonchev–Trinajstić information content (AvgIpc) is 3.49. The van der Waals surface area contributed by atoms with Gasteiger partial charge in [0.25, 0.3) is 6.47 Å². The number of ether oxygens (including phenoxy) is 1. The van der Waals surface area contributed by atoms with Crippen LogP contribution in [-0.4, -0.2) is 69.4 Å². The largest absolute Gasteiger partial charge is 0.772 e. The van der Waals surface area contributed by atoms with E-state index in [4.69, 9.17) is 4.74 Å². The number of allylic oxidation sites excluding steroid dienone is 4. The van der Waals surface area contributed by atoms with Crippen molar-refractivity contribution < 1.29 is 22.7 Å². The molecular weight excluding hydrogens is 672 g/mol. The predicted molar refractivity (Wildman–Crippen MR) is 207 cm³/mol. The molecule has 0 aromatic rings. The molecule has 0 aromatic heterocycles. The summed E-state index contributed by atoms with van der Waals surface area (Å²) in [4.78, 5) is 13.6. The Labute approximate surface area is 316 Å². The molecule has 1 aliphatic heterocycles. The lowest BCUT2D eigenvalue weighted by atomic mass is 9.33. The zero-order chi connectivity index (χ0) is 37.3. The first-order chi connectivity index (χ1) is 24.6. The van der Waals surface area contributed by atoms with Gasteiger partial charge in [-0.25, -0.2) is 4.39 Å². The normalized spacial score (nSPS) is 45.3. The molecule has 0 spiro atoms. The first kappa shape index (κ1) is 38.9. The monoisotopic (exact) mass is 739 g/mol. The van der Waals surface area contributed by atoms with E-state index in [2.05, 4.69) is 70.5 Å². The van der Waals surface area contributed by atoms with Crippen molar-refractivity contribution in [3.05, 3.63) is 35.5 Å². The summed E-state index contributed by atoms with van der Waals surface area (Å²) in [5.41, 5.74) is 4.18. The van der Waals surface area contributed by atoms with Crippen molar-refractivity contribution >= 4 is 17.6 Å². The summed E-state index contributed by atoms with van der Waals surface area (Å²) >= 11 is -1.95. The summed E-state index contributed by atoms with van der Waals surface area (Å²) in [5.74, 6) is 3.14. The number of piperidine rings is 1. The van der Waals surface area contributed by atoms with Crippen LogP contribution in [0.25, 0.3) is 0 Å². The molecule has 1 heterocycles. The summed E-state index contributed by atoms with van der Waals surface area (Å²) < 4.78 is 42.3. The lowest BCUT2D eigenvalue weighted by Gasteiger charge is -2.72. The fraction of sp³-hybridized carbons (Fsp3) is 0.841. The van der Waals surface area contributed by atoms with Crippen LogP contribution < -0.4 is 5.32 Å². The van der Waals surface area contributed by atoms with Crippen LogP contribution >= 0.6 is 0 Å². The second kappa shape index (κ2) is 14.0. The molecule has 0 aromatic carbocycles. The van der Waals surface area contributed by atoms with E-state index < -0.39 is 23.4 Å². The molecule has 0 radical (unpaired) electrons. The second-order valence-electron chi connectivity index (χ2n) is 20.1. The number of likely N-dealkylation sites (tertiary alicyclic amines) is 1. The first-order valence-electron chi connectivity index (χ1n) is 20.9. The molecule has 11 atom stereocenters. The van der Waals surface area contributed by atoms with Gasteiger partial charge in [0.05, 0.1) is 0 Å². The van der Waals surface area contributed by atoms with Gasteiger partial charge in [-0.3, -0.25) is 9.00 Å². The molecule has 1 N–H and O–H groups in total. The van der Waals surface area contributed by atoms with E-state index >= 15 is 0 Å². The Morgan fingerprint density at radius 2 is 1.73 bits per heavy atom. The average molecular weight is 740 g/mol. The zero-order valence-electron chi connectivity index (χ0n) is 33.2. The third-order valence-electron chi connectivity index (χ3n) is 17.8. The Morgan fingerprint density at radius 3 is 2.37 bits per heavy atom. The lowest BCUT2D eigenvalue weighted by molar-refractivity contribution is -0.221. The highest BCUT2D eigenvalue weighted by molar-refractivity contribution is 7.79. The van der Waals surface area contributed by atoms with Gasteiger partial charge in [0, 0.05) is 30.3 Å². The van der Waals surface area contributed by atoms with Crippen LogP contribution in [0.3, 0.4) is 0 Å². The van der Waals surface area contributed by atoms with Crippen LogP contribution in [0.1, 0.15) is 131 Å². The fourth-order valence-corrected chi connectivity index (χ4v) is 15.5. The topological polar surface area (TPSA) is 81.7 Å². The van der Waals surface area contributed by atoms with Gasteiger partial charge in [-0.1, -0.05) is 70.0 Å². The molecule has 6 aliphatic carbocycles. The molecule has 0 amide bonds. The molecule has 7 aliphatic rings. The van der Waals surface area contributed by atoms with Crippen molar-refractivity contribution in [3.8, 4) is 0 Å². The number of hydrogen-bond acceptors (Lipinski definition) is 6. The highest BCUT2D eigenvalue weighted by Crippen LogP contribution is 2.76. The Hall–Kier alpha value is -1.35. The van der Waals surface area contributed by atoms with Crippen molar-refractivity contribution in [3.63, 3.8) is 0 Å². The van der Waals surface area contributed by atoms with Crippen molar-refractivity contribution in [2.45, 2.75) is 148 Å². The van der Waals surface area contributed by atoms with Crippen LogP contribution in [0.4, 0.5) is 4.39 Å². The molecule has 1 unspecified atom stereocenters. The van der Waals surface area contributed by atoms with E-state index in [9.17, 15) is 17.9 Å². The van der Waals surface area contributed by atoms with Gasteiger partial charge in [-0.2, -0.15) is 0 Å². The van der Waals surface area contributed by atoms with Crippen LogP contribution in [0, 0.1) is 51.2 Å². The molecule has 1 saturated heterocycles.